The molecule has 0 unspecified atom stereocenters. The number of fused-ring (bicyclic) bond motifs is 1. The maximum absolute atomic E-state index is 15.9. The molecule has 0 spiro atoms. The third-order valence-corrected chi connectivity index (χ3v) is 7.40. The van der Waals surface area contributed by atoms with Gasteiger partial charge in [0.15, 0.2) is 17.1 Å². The van der Waals surface area contributed by atoms with E-state index < -0.39 is 261 Å². The quantitative estimate of drug-likeness (QED) is 0.0937. The van der Waals surface area contributed by atoms with Gasteiger partial charge in [-0.05, 0) is 66.1 Å². The molecule has 0 aliphatic carbocycles. The SMILES string of the molecule is [2H]c1c([2H])c(F)c(F)c(C([2H])([2H])Sc2c([2H])c(=O)c3c([2H])c([2H])c([2H])c([2H])c3n2CC(=O)N(C([2H])([2H])c2c([2H])c([2H])c(-c3c([2H])c([2H])c(C(F)(F)F)c(C)c3[2H])c([2H])c2[2H])C2([2H])C([2H])([2H])C([2H])([2H])N(C([2H])([2H])C([2H])([2H])OC([2H])([2H])[2H])C([2H])([2H])C2([2H])[2H])c1[2H]. The maximum Gasteiger partial charge on any atom is 0.416 e. The fourth-order valence-electron chi connectivity index (χ4n) is 4.25. The highest BCUT2D eigenvalue weighted by Gasteiger charge is 2.32. The topological polar surface area (TPSA) is 54.8 Å². The van der Waals surface area contributed by atoms with Crippen molar-refractivity contribution in [2.24, 2.45) is 0 Å². The highest BCUT2D eigenvalue weighted by atomic mass is 32.2. The van der Waals surface area contributed by atoms with Gasteiger partial charge in [0, 0.05) is 78.2 Å². The van der Waals surface area contributed by atoms with E-state index >= 15 is 13.6 Å². The zero-order chi connectivity index (χ0) is 68.5. The Morgan fingerprint density at radius 1 is 1.04 bits per heavy atom. The molecule has 1 aromatic heterocycles. The van der Waals surface area contributed by atoms with Crippen molar-refractivity contribution in [2.45, 2.75) is 55.6 Å². The lowest BCUT2D eigenvalue weighted by molar-refractivity contribution is -0.138. The van der Waals surface area contributed by atoms with Gasteiger partial charge in [-0.25, -0.2) is 8.78 Å². The van der Waals surface area contributed by atoms with Crippen LogP contribution in [0.4, 0.5) is 22.0 Å². The minimum Gasteiger partial charge on any atom is -0.383 e. The number of likely N-dealkylation sites (tertiary alicyclic amines) is 1. The van der Waals surface area contributed by atoms with Crippen LogP contribution in [-0.2, 0) is 34.5 Å². The Morgan fingerprint density at radius 3 is 2.51 bits per heavy atom. The number of aromatic nitrogens is 1. The molecule has 4 aromatic carbocycles. The fraction of sp³-hybridized carbons (Fsp3) is 0.317. The summed E-state index contributed by atoms with van der Waals surface area (Å²) in [5, 5.41) is -3.01. The number of benzene rings is 4. The number of alkyl halides is 3. The number of rotatable bonds is 12. The number of amides is 1. The van der Waals surface area contributed by atoms with Crippen molar-refractivity contribution in [1.29, 1.82) is 0 Å². The molecule has 0 radical (unpaired) electrons. The first kappa shape index (κ1) is 14.0. The number of carbonyl (C=O) groups is 1. The number of piperidine rings is 1. The Kier molecular flexibility index (Phi) is 4.39. The van der Waals surface area contributed by atoms with E-state index in [1.165, 1.54) is 0 Å². The molecule has 0 N–H and O–H groups in total. The van der Waals surface area contributed by atoms with Crippen molar-refractivity contribution in [1.82, 2.24) is 14.4 Å². The van der Waals surface area contributed by atoms with Crippen LogP contribution in [0, 0.1) is 18.6 Å². The number of para-hydroxylation sites is 1. The Labute approximate surface area is 358 Å². The standard InChI is InChI=1S/C41H40F5N3O3S/c1-27-22-30(14-15-34(27)41(44,45)46)29-12-10-28(11-13-29)24-48(32-16-18-47(19-17-32)20-21-52-2)38(51)25-49-36-9-4-3-7-33(36)37(50)23-39(49)53-26-31-6-5-8-35(42)40(31)43/h3-15,22-23,32H,16-21,24-26H2,1-2H3/i2D3,3D,4D,5D,6D,7D,8D,9D,10D,11D,12D,13D,14D,15D,16D2,17D2,18D2,19D2,20D2,21D2,22D,23D,24D2,26D2,32D. The average molecular weight is 785 g/mol. The van der Waals surface area contributed by atoms with E-state index in [1.54, 1.807) is 0 Å². The first-order chi connectivity index (χ1) is 39.2. The molecule has 0 atom stereocenters. The Morgan fingerprint density at radius 2 is 1.77 bits per heavy atom. The minimum atomic E-state index is -5.46. The van der Waals surface area contributed by atoms with Gasteiger partial charge < -0.3 is 19.1 Å². The lowest BCUT2D eigenvalue weighted by Gasteiger charge is -2.39. The molecule has 1 amide bonds. The Bertz CT molecular complexity index is 3760. The predicted octanol–water partition coefficient (Wildman–Crippen LogP) is 8.71. The van der Waals surface area contributed by atoms with Gasteiger partial charge in [0.25, 0.3) is 0 Å². The molecule has 6 nitrogen and oxygen atoms in total. The number of hydrogen-bond acceptors (Lipinski definition) is 5. The number of nitrogens with zero attached hydrogens (tertiary/aromatic N) is 3. The van der Waals surface area contributed by atoms with E-state index in [0.29, 0.717) is 6.92 Å². The highest BCUT2D eigenvalue weighted by molar-refractivity contribution is 7.98. The van der Waals surface area contributed by atoms with E-state index in [-0.39, 0.29) is 4.57 Å². The summed E-state index contributed by atoms with van der Waals surface area (Å²) in [4.78, 5) is 27.5. The molecular formula is C41H40F5N3O3S. The maximum atomic E-state index is 15.9. The van der Waals surface area contributed by atoms with Crippen LogP contribution in [-0.4, -0.2) is 59.4 Å². The number of ether oxygens (including phenoxy) is 1. The van der Waals surface area contributed by atoms with E-state index in [9.17, 15) is 27.6 Å². The third kappa shape index (κ3) is 9.00. The van der Waals surface area contributed by atoms with Gasteiger partial charge in [-0.15, -0.1) is 11.8 Å². The van der Waals surface area contributed by atoms with Crippen LogP contribution in [0.1, 0.15) is 83.0 Å². The molecule has 0 bridgehead atoms. The van der Waals surface area contributed by atoms with Gasteiger partial charge in [0.1, 0.15) is 6.54 Å². The summed E-state index contributed by atoms with van der Waals surface area (Å²) in [7, 11) is -4.07. The van der Waals surface area contributed by atoms with E-state index in [0.717, 1.165) is 0 Å². The van der Waals surface area contributed by atoms with Gasteiger partial charge in [-0.2, -0.15) is 13.2 Å². The van der Waals surface area contributed by atoms with Crippen molar-refractivity contribution < 1.29 is 79.5 Å². The van der Waals surface area contributed by atoms with Crippen molar-refractivity contribution in [3.05, 3.63) is 135 Å². The van der Waals surface area contributed by atoms with Crippen molar-refractivity contribution in [2.75, 3.05) is 33.1 Å². The summed E-state index contributed by atoms with van der Waals surface area (Å²) in [6.07, 6.45) is -16.0. The zero-order valence-electron chi connectivity index (χ0n) is 61.1. The minimum absolute atomic E-state index is 0.134. The first-order valence-electron chi connectivity index (χ1n) is 31.6. The summed E-state index contributed by atoms with van der Waals surface area (Å²) >= 11 is -0.774. The zero-order valence-corrected chi connectivity index (χ0v) is 26.9. The van der Waals surface area contributed by atoms with Crippen LogP contribution < -0.4 is 5.43 Å². The normalized spacial score (nSPS) is 29.4. The number of thioether (sulfide) groups is 1. The lowest BCUT2D eigenvalue weighted by Crippen LogP contribution is -2.48. The summed E-state index contributed by atoms with van der Waals surface area (Å²) < 4.78 is 381. The molecule has 1 fully saturated rings. The van der Waals surface area contributed by atoms with Gasteiger partial charge in [-0.3, -0.25) is 9.59 Å². The molecule has 1 aliphatic rings. The first-order valence-corrected chi connectivity index (χ1v) is 14.9. The predicted molar refractivity (Wildman–Crippen MR) is 198 cm³/mol. The average Bonchev–Trinajstić information content (AvgIpc) is 0.656. The van der Waals surface area contributed by atoms with Crippen LogP contribution in [0.5, 0.6) is 0 Å². The van der Waals surface area contributed by atoms with Gasteiger partial charge in [0.2, 0.25) is 5.91 Å². The van der Waals surface area contributed by atoms with E-state index in [2.05, 4.69) is 4.74 Å². The molecule has 12 heteroatoms. The van der Waals surface area contributed by atoms with Crippen molar-refractivity contribution in [3.63, 3.8) is 0 Å². The van der Waals surface area contributed by atoms with E-state index in [1.807, 2.05) is 0 Å². The van der Waals surface area contributed by atoms with Crippen LogP contribution in [0.25, 0.3) is 22.0 Å². The molecule has 1 saturated heterocycles. The fourth-order valence-corrected chi connectivity index (χ4v) is 5.00. The number of methoxy groups -OCH3 is 1. The molecule has 6 rings (SSSR count). The summed E-state index contributed by atoms with van der Waals surface area (Å²) in [6.45, 7) is -26.6. The molecule has 2 heterocycles. The van der Waals surface area contributed by atoms with Crippen LogP contribution >= 0.6 is 11.8 Å². The van der Waals surface area contributed by atoms with Crippen molar-refractivity contribution >= 4 is 28.6 Å². The number of hydrogen-bond donors (Lipinski definition) is 0. The Hall–Kier alpha value is -4.52. The summed E-state index contributed by atoms with van der Waals surface area (Å²) in [5.41, 5.74) is -17.0. The largest absolute Gasteiger partial charge is 0.416 e. The monoisotopic (exact) mass is 784 g/mol. The third-order valence-electron chi connectivity index (χ3n) is 6.58. The molecule has 1 aliphatic heterocycles. The molecule has 278 valence electrons. The van der Waals surface area contributed by atoms with Crippen molar-refractivity contribution in [3.8, 4) is 11.1 Å². The van der Waals surface area contributed by atoms with Crippen LogP contribution in [0.2, 0.25) is 0 Å². The molecule has 53 heavy (non-hydrogen) atoms. The lowest BCUT2D eigenvalue weighted by atomic mass is 9.98. The van der Waals surface area contributed by atoms with Crippen LogP contribution in [0.3, 0.4) is 0 Å². The second-order valence-corrected chi connectivity index (χ2v) is 10.8. The number of pyridine rings is 1. The second-order valence-electron chi connectivity index (χ2n) is 9.96. The highest BCUT2D eigenvalue weighted by Crippen LogP contribution is 2.34. The van der Waals surface area contributed by atoms with Crippen LogP contribution in [0.15, 0.2) is 100 Å². The molecule has 5 aromatic rings. The van der Waals surface area contributed by atoms with E-state index in [4.69, 9.17) is 38.4 Å². The van der Waals surface area contributed by atoms with Gasteiger partial charge >= 0.3 is 6.18 Å². The summed E-state index contributed by atoms with van der Waals surface area (Å²) in [5.74, 6) is -7.44. The van der Waals surface area contributed by atoms with Gasteiger partial charge in [-0.1, -0.05) is 60.4 Å². The smallest absolute Gasteiger partial charge is 0.383 e. The molecule has 0 saturated carbocycles. The number of carbonyl (C=O) groups excluding carboxylic acids is 1. The van der Waals surface area contributed by atoms with Gasteiger partial charge in [0.05, 0.1) is 54.2 Å². The number of halogens is 5. The molecular weight excluding hydrogens is 710 g/mol. The summed E-state index contributed by atoms with van der Waals surface area (Å²) in [6, 6.07) is -29.9. The Balaban J connectivity index is 1.85. The second kappa shape index (κ2) is 16.7.